The molecule has 0 saturated carbocycles. The molecule has 4 nitrogen and oxygen atoms in total. The van der Waals surface area contributed by atoms with Gasteiger partial charge < -0.3 is 14.9 Å². The van der Waals surface area contributed by atoms with Crippen LogP contribution in [0.2, 0.25) is 0 Å². The van der Waals surface area contributed by atoms with E-state index in [1.54, 1.807) is 0 Å². The maximum absolute atomic E-state index is 12.0. The molecule has 0 radical (unpaired) electrons. The number of aldehydes is 1. The first-order chi connectivity index (χ1) is 6.49. The van der Waals surface area contributed by atoms with E-state index in [0.717, 1.165) is 25.4 Å². The van der Waals surface area contributed by atoms with E-state index in [-0.39, 0.29) is 5.47 Å². The monoisotopic (exact) mass is 205 g/mol. The van der Waals surface area contributed by atoms with Crippen molar-refractivity contribution in [3.63, 3.8) is 0 Å². The molecule has 0 aliphatic carbocycles. The van der Waals surface area contributed by atoms with Crippen molar-refractivity contribution in [2.75, 3.05) is 7.05 Å². The summed E-state index contributed by atoms with van der Waals surface area (Å²) in [5.41, 5.74) is -0.195. The van der Waals surface area contributed by atoms with E-state index in [0.29, 0.717) is 11.2 Å². The highest BCUT2D eigenvalue weighted by molar-refractivity contribution is 6.51. The predicted octanol–water partition coefficient (Wildman–Crippen LogP) is -0.208. The van der Waals surface area contributed by atoms with Crippen LogP contribution < -0.4 is 0 Å². The Morgan fingerprint density at radius 3 is 2.43 bits per heavy atom. The Labute approximate surface area is 80.3 Å². The zero-order chi connectivity index (χ0) is 11.1. The molecule has 0 aromatic rings. The molecule has 0 spiro atoms. The van der Waals surface area contributed by atoms with Crippen LogP contribution in [0.4, 0.5) is 8.78 Å². The number of carbonyl (C=O) groups is 1. The highest BCUT2D eigenvalue weighted by Gasteiger charge is 2.15. The quantitative estimate of drug-likeness (QED) is 0.214. The molecule has 78 valence electrons. The highest BCUT2D eigenvalue weighted by atomic mass is 19.3. The van der Waals surface area contributed by atoms with E-state index < -0.39 is 13.7 Å². The molecule has 0 aliphatic rings. The molecule has 7 heteroatoms. The number of nitrogens with zero attached hydrogens (tertiary/aromatic N) is 1. The van der Waals surface area contributed by atoms with E-state index in [4.69, 9.17) is 10.0 Å². The van der Waals surface area contributed by atoms with Gasteiger partial charge in [0.25, 0.3) is 0 Å². The second kappa shape index (κ2) is 6.28. The van der Waals surface area contributed by atoms with Crippen LogP contribution in [0.3, 0.4) is 0 Å². The van der Waals surface area contributed by atoms with Crippen LogP contribution in [-0.4, -0.2) is 41.9 Å². The third-order valence-corrected chi connectivity index (χ3v) is 1.33. The maximum Gasteiger partial charge on any atom is 0.489 e. The topological polar surface area (TPSA) is 60.8 Å². The second-order valence-electron chi connectivity index (χ2n) is 2.44. The van der Waals surface area contributed by atoms with Gasteiger partial charge in [0.1, 0.15) is 6.29 Å². The smallest absolute Gasteiger partial charge is 0.423 e. The van der Waals surface area contributed by atoms with Crippen molar-refractivity contribution in [3.8, 4) is 0 Å². The lowest BCUT2D eigenvalue weighted by atomic mass is 9.79. The Hall–Kier alpha value is -1.21. The van der Waals surface area contributed by atoms with Gasteiger partial charge in [0, 0.05) is 13.2 Å². The molecule has 0 atom stereocenters. The number of halogens is 2. The average molecular weight is 205 g/mol. The van der Waals surface area contributed by atoms with Gasteiger partial charge in [-0.05, 0) is 11.5 Å². The first-order valence-electron chi connectivity index (χ1n) is 3.68. The summed E-state index contributed by atoms with van der Waals surface area (Å²) >= 11 is 0. The second-order valence-corrected chi connectivity index (χ2v) is 2.44. The predicted molar refractivity (Wildman–Crippen MR) is 47.2 cm³/mol. The highest BCUT2D eigenvalue weighted by Crippen LogP contribution is 2.05. The molecule has 0 fully saturated rings. The minimum absolute atomic E-state index is 0.195. The maximum atomic E-state index is 12.0. The van der Waals surface area contributed by atoms with Gasteiger partial charge in [-0.1, -0.05) is 6.08 Å². The van der Waals surface area contributed by atoms with Gasteiger partial charge in [-0.15, -0.1) is 0 Å². The van der Waals surface area contributed by atoms with Crippen molar-refractivity contribution in [3.05, 3.63) is 23.8 Å². The van der Waals surface area contributed by atoms with Crippen molar-refractivity contribution in [1.82, 2.24) is 4.90 Å². The number of rotatable bonds is 5. The minimum Gasteiger partial charge on any atom is -0.423 e. The lowest BCUT2D eigenvalue weighted by molar-refractivity contribution is -0.104. The van der Waals surface area contributed by atoms with Crippen LogP contribution in [0, 0.1) is 0 Å². The Morgan fingerprint density at radius 2 is 2.07 bits per heavy atom. The molecule has 0 unspecified atom stereocenters. The first-order valence-corrected chi connectivity index (χ1v) is 3.68. The van der Waals surface area contributed by atoms with Crippen LogP contribution in [0.5, 0.6) is 0 Å². The van der Waals surface area contributed by atoms with E-state index >= 15 is 0 Å². The fraction of sp³-hybridized carbons (Fsp3) is 0.286. The van der Waals surface area contributed by atoms with Gasteiger partial charge in [0.2, 0.25) is 0 Å². The molecule has 0 saturated heterocycles. The molecule has 0 bridgehead atoms. The largest absolute Gasteiger partial charge is 0.489 e. The van der Waals surface area contributed by atoms with Crippen LogP contribution in [-0.2, 0) is 4.79 Å². The molecule has 0 aliphatic heterocycles. The normalized spacial score (nSPS) is 12.3. The molecule has 0 amide bonds. The van der Waals surface area contributed by atoms with Crippen LogP contribution in [0.25, 0.3) is 0 Å². The fourth-order valence-electron chi connectivity index (χ4n) is 0.638. The molecular weight excluding hydrogens is 195 g/mol. The SMILES string of the molecule is CN(/C=C(\C=C/C=O)B(O)O)C(F)F. The van der Waals surface area contributed by atoms with Crippen LogP contribution in [0.1, 0.15) is 0 Å². The minimum atomic E-state index is -2.74. The van der Waals surface area contributed by atoms with Gasteiger partial charge in [0.15, 0.2) is 0 Å². The number of alkyl halides is 2. The van der Waals surface area contributed by atoms with Gasteiger partial charge in [-0.25, -0.2) is 0 Å². The van der Waals surface area contributed by atoms with Crippen molar-refractivity contribution in [1.29, 1.82) is 0 Å². The summed E-state index contributed by atoms with van der Waals surface area (Å²) in [6, 6.07) is 0. The summed E-state index contributed by atoms with van der Waals surface area (Å²) in [5.74, 6) is 0. The molecule has 0 aromatic heterocycles. The van der Waals surface area contributed by atoms with Crippen molar-refractivity contribution < 1.29 is 23.6 Å². The average Bonchev–Trinajstić information content (AvgIpc) is 2.10. The molecule has 0 heterocycles. The zero-order valence-corrected chi connectivity index (χ0v) is 7.47. The Kier molecular flexibility index (Phi) is 5.74. The van der Waals surface area contributed by atoms with Crippen molar-refractivity contribution in [2.24, 2.45) is 0 Å². The third-order valence-electron chi connectivity index (χ3n) is 1.33. The Bertz CT molecular complexity index is 243. The van der Waals surface area contributed by atoms with Crippen molar-refractivity contribution >= 4 is 13.4 Å². The number of hydrogen-bond donors (Lipinski definition) is 2. The fourth-order valence-corrected chi connectivity index (χ4v) is 0.638. The summed E-state index contributed by atoms with van der Waals surface area (Å²) < 4.78 is 24.0. The van der Waals surface area contributed by atoms with Crippen LogP contribution in [0.15, 0.2) is 23.8 Å². The van der Waals surface area contributed by atoms with Gasteiger partial charge in [-0.3, -0.25) is 4.79 Å². The van der Waals surface area contributed by atoms with Gasteiger partial charge >= 0.3 is 13.7 Å². The number of allylic oxidation sites excluding steroid dienone is 3. The lowest BCUT2D eigenvalue weighted by Gasteiger charge is -2.13. The third kappa shape index (κ3) is 4.73. The molecular formula is C7H10BF2NO3. The zero-order valence-electron chi connectivity index (χ0n) is 7.47. The van der Waals surface area contributed by atoms with E-state index in [1.807, 2.05) is 0 Å². The number of hydrogen-bond acceptors (Lipinski definition) is 4. The summed E-state index contributed by atoms with van der Waals surface area (Å²) in [5, 5.41) is 17.4. The summed E-state index contributed by atoms with van der Waals surface area (Å²) in [6.45, 7) is -2.74. The molecule has 14 heavy (non-hydrogen) atoms. The van der Waals surface area contributed by atoms with Crippen LogP contribution >= 0.6 is 0 Å². The van der Waals surface area contributed by atoms with Gasteiger partial charge in [-0.2, -0.15) is 8.78 Å². The summed E-state index contributed by atoms with van der Waals surface area (Å²) in [4.78, 5) is 10.4. The van der Waals surface area contributed by atoms with E-state index in [9.17, 15) is 13.6 Å². The van der Waals surface area contributed by atoms with Gasteiger partial charge in [0.05, 0.1) is 0 Å². The molecule has 2 N–H and O–H groups in total. The summed E-state index contributed by atoms with van der Waals surface area (Å²) in [6.07, 6.45) is 3.26. The first kappa shape index (κ1) is 12.8. The summed E-state index contributed by atoms with van der Waals surface area (Å²) in [7, 11) is -0.825. The molecule has 0 aromatic carbocycles. The Morgan fingerprint density at radius 1 is 1.50 bits per heavy atom. The lowest BCUT2D eigenvalue weighted by Crippen LogP contribution is -2.22. The van der Waals surface area contributed by atoms with E-state index in [2.05, 4.69) is 0 Å². The van der Waals surface area contributed by atoms with Crippen molar-refractivity contribution in [2.45, 2.75) is 6.55 Å². The Balaban J connectivity index is 4.63. The number of carbonyl (C=O) groups excluding carboxylic acids is 1. The standard InChI is InChI=1S/C7H10BF2NO3/c1-11(7(9)10)5-6(8(13)14)3-2-4-12/h2-5,7,13-14H,1H3/b3-2-,6-5+. The molecule has 0 rings (SSSR count). The van der Waals surface area contributed by atoms with E-state index in [1.165, 1.54) is 0 Å².